The third-order valence-corrected chi connectivity index (χ3v) is 6.47. The van der Waals surface area contributed by atoms with Gasteiger partial charge in [-0.2, -0.15) is 0 Å². The number of hydrogen-bond acceptors (Lipinski definition) is 6. The fourth-order valence-corrected chi connectivity index (χ4v) is 4.42. The summed E-state index contributed by atoms with van der Waals surface area (Å²) in [6.07, 6.45) is 0. The Morgan fingerprint density at radius 1 is 0.909 bits per heavy atom. The number of benzene rings is 3. The molecule has 0 saturated heterocycles. The number of sulfonamides is 1. The summed E-state index contributed by atoms with van der Waals surface area (Å²) < 4.78 is 43.7. The van der Waals surface area contributed by atoms with Gasteiger partial charge in [-0.15, -0.1) is 0 Å². The molecular weight excluding hydrogens is 468 g/mol. The van der Waals surface area contributed by atoms with Crippen molar-refractivity contribution >= 4 is 33.2 Å². The minimum atomic E-state index is -3.81. The van der Waals surface area contributed by atoms with Crippen LogP contribution in [0.25, 0.3) is 0 Å². The third kappa shape index (κ3) is 5.50. The number of anilines is 1. The van der Waals surface area contributed by atoms with Gasteiger partial charge in [0.15, 0.2) is 11.5 Å². The first-order valence-electron chi connectivity index (χ1n) is 9.74. The zero-order valence-electron chi connectivity index (χ0n) is 18.2. The van der Waals surface area contributed by atoms with Crippen molar-refractivity contribution in [3.8, 4) is 17.2 Å². The van der Waals surface area contributed by atoms with Crippen LogP contribution in [0.1, 0.15) is 15.9 Å². The first kappa shape index (κ1) is 24.2. The van der Waals surface area contributed by atoms with Gasteiger partial charge in [0.05, 0.1) is 36.8 Å². The van der Waals surface area contributed by atoms with Crippen LogP contribution in [0.2, 0.25) is 5.02 Å². The Bertz CT molecular complexity index is 1250. The maximum atomic E-state index is 12.8. The summed E-state index contributed by atoms with van der Waals surface area (Å²) in [5, 5.41) is 2.94. The molecule has 0 aromatic heterocycles. The lowest BCUT2D eigenvalue weighted by Gasteiger charge is -2.16. The summed E-state index contributed by atoms with van der Waals surface area (Å²) in [6, 6.07) is 15.7. The van der Waals surface area contributed by atoms with Crippen LogP contribution in [0, 0.1) is 0 Å². The summed E-state index contributed by atoms with van der Waals surface area (Å²) in [5.74, 6) is 0.832. The van der Waals surface area contributed by atoms with E-state index < -0.39 is 15.9 Å². The summed E-state index contributed by atoms with van der Waals surface area (Å²) in [6.45, 7) is 0.110. The van der Waals surface area contributed by atoms with Gasteiger partial charge in [-0.3, -0.25) is 9.52 Å². The van der Waals surface area contributed by atoms with Crippen LogP contribution < -0.4 is 24.2 Å². The molecule has 10 heteroatoms. The number of ether oxygens (including phenoxy) is 3. The highest BCUT2D eigenvalue weighted by Gasteiger charge is 2.19. The summed E-state index contributed by atoms with van der Waals surface area (Å²) in [7, 11) is 0.678. The van der Waals surface area contributed by atoms with Crippen molar-refractivity contribution in [2.75, 3.05) is 26.1 Å². The van der Waals surface area contributed by atoms with Crippen molar-refractivity contribution in [2.24, 2.45) is 0 Å². The van der Waals surface area contributed by atoms with Gasteiger partial charge in [-0.1, -0.05) is 29.8 Å². The van der Waals surface area contributed by atoms with Crippen molar-refractivity contribution in [1.29, 1.82) is 0 Å². The first-order valence-corrected chi connectivity index (χ1v) is 11.6. The molecule has 3 aromatic rings. The van der Waals surface area contributed by atoms with E-state index in [-0.39, 0.29) is 27.7 Å². The molecule has 0 bridgehead atoms. The molecule has 0 radical (unpaired) electrons. The molecule has 0 spiro atoms. The van der Waals surface area contributed by atoms with Gasteiger partial charge in [-0.05, 0) is 42.5 Å². The second kappa shape index (κ2) is 10.5. The van der Waals surface area contributed by atoms with Gasteiger partial charge >= 0.3 is 0 Å². The number of hydrogen-bond donors (Lipinski definition) is 2. The van der Waals surface area contributed by atoms with Crippen molar-refractivity contribution in [1.82, 2.24) is 5.32 Å². The molecule has 33 heavy (non-hydrogen) atoms. The average molecular weight is 491 g/mol. The minimum absolute atomic E-state index is 0.103. The van der Waals surface area contributed by atoms with Crippen LogP contribution in [0.4, 0.5) is 5.69 Å². The summed E-state index contributed by atoms with van der Waals surface area (Å²) in [5.41, 5.74) is 0.974. The van der Waals surface area contributed by atoms with E-state index in [0.29, 0.717) is 22.8 Å². The Hall–Kier alpha value is -3.43. The average Bonchev–Trinajstić information content (AvgIpc) is 2.83. The Labute approximate surface area is 197 Å². The summed E-state index contributed by atoms with van der Waals surface area (Å²) >= 11 is 6.21. The van der Waals surface area contributed by atoms with E-state index in [1.54, 1.807) is 30.3 Å². The number of halogens is 1. The lowest BCUT2D eigenvalue weighted by molar-refractivity contribution is 0.0950. The fraction of sp³-hybridized carbons (Fsp3) is 0.174. The van der Waals surface area contributed by atoms with Crippen molar-refractivity contribution in [2.45, 2.75) is 11.4 Å². The van der Waals surface area contributed by atoms with Gasteiger partial charge in [0, 0.05) is 17.8 Å². The third-order valence-electron chi connectivity index (χ3n) is 4.74. The van der Waals surface area contributed by atoms with Crippen LogP contribution >= 0.6 is 11.6 Å². The lowest BCUT2D eigenvalue weighted by Crippen LogP contribution is -2.24. The molecule has 0 aliphatic carbocycles. The van der Waals surface area contributed by atoms with E-state index in [1.807, 2.05) is 0 Å². The second-order valence-electron chi connectivity index (χ2n) is 6.79. The van der Waals surface area contributed by atoms with Gasteiger partial charge in [0.25, 0.3) is 15.9 Å². The SMILES string of the molecule is COc1ccc(CNC(=O)c2cc(NS(=O)(=O)c3ccccc3)ccc2Cl)c(OC)c1OC. The van der Waals surface area contributed by atoms with Crippen LogP contribution in [-0.4, -0.2) is 35.7 Å². The van der Waals surface area contributed by atoms with Crippen molar-refractivity contribution in [3.05, 3.63) is 76.8 Å². The first-order chi connectivity index (χ1) is 15.8. The summed E-state index contributed by atoms with van der Waals surface area (Å²) in [4.78, 5) is 12.9. The molecule has 0 aliphatic heterocycles. The number of amides is 1. The monoisotopic (exact) mass is 490 g/mol. The number of nitrogens with one attached hydrogen (secondary N) is 2. The number of rotatable bonds is 9. The topological polar surface area (TPSA) is 103 Å². The molecule has 0 atom stereocenters. The van der Waals surface area contributed by atoms with E-state index in [9.17, 15) is 13.2 Å². The van der Waals surface area contributed by atoms with E-state index in [0.717, 1.165) is 0 Å². The number of carbonyl (C=O) groups is 1. The Morgan fingerprint density at radius 3 is 2.24 bits per heavy atom. The van der Waals surface area contributed by atoms with Gasteiger partial charge in [-0.25, -0.2) is 8.42 Å². The zero-order valence-corrected chi connectivity index (χ0v) is 19.8. The maximum absolute atomic E-state index is 12.8. The predicted molar refractivity (Wildman–Crippen MR) is 126 cm³/mol. The smallest absolute Gasteiger partial charge is 0.261 e. The van der Waals surface area contributed by atoms with Crippen molar-refractivity contribution < 1.29 is 27.4 Å². The molecular formula is C23H23ClN2O6S. The Balaban J connectivity index is 1.80. The predicted octanol–water partition coefficient (Wildman–Crippen LogP) is 4.10. The van der Waals surface area contributed by atoms with E-state index in [2.05, 4.69) is 10.0 Å². The highest BCUT2D eigenvalue weighted by molar-refractivity contribution is 7.92. The van der Waals surface area contributed by atoms with Crippen molar-refractivity contribution in [3.63, 3.8) is 0 Å². The van der Waals surface area contributed by atoms with Crippen LogP contribution in [0.3, 0.4) is 0 Å². The molecule has 0 heterocycles. The molecule has 1 amide bonds. The highest BCUT2D eigenvalue weighted by atomic mass is 35.5. The molecule has 0 saturated carbocycles. The molecule has 3 aromatic carbocycles. The normalized spacial score (nSPS) is 10.9. The van der Waals surface area contributed by atoms with Crippen LogP contribution in [0.5, 0.6) is 17.2 Å². The molecule has 0 aliphatic rings. The standard InChI is InChI=1S/C23H23ClN2O6S/c1-30-20-12-9-15(21(31-2)22(20)32-3)14-25-23(27)18-13-16(10-11-19(18)24)26-33(28,29)17-7-5-4-6-8-17/h4-13,26H,14H2,1-3H3,(H,25,27). The molecule has 174 valence electrons. The number of methoxy groups -OCH3 is 3. The quantitative estimate of drug-likeness (QED) is 0.468. The van der Waals surface area contributed by atoms with Gasteiger partial charge in [0.2, 0.25) is 5.75 Å². The maximum Gasteiger partial charge on any atom is 0.261 e. The van der Waals surface area contributed by atoms with Gasteiger partial charge in [0.1, 0.15) is 0 Å². The molecule has 0 unspecified atom stereocenters. The molecule has 2 N–H and O–H groups in total. The second-order valence-corrected chi connectivity index (χ2v) is 8.88. The minimum Gasteiger partial charge on any atom is -0.493 e. The van der Waals surface area contributed by atoms with E-state index in [1.165, 1.54) is 51.7 Å². The highest BCUT2D eigenvalue weighted by Crippen LogP contribution is 2.39. The Kier molecular flexibility index (Phi) is 7.67. The Morgan fingerprint density at radius 2 is 1.61 bits per heavy atom. The molecule has 8 nitrogen and oxygen atoms in total. The van der Waals surface area contributed by atoms with E-state index >= 15 is 0 Å². The van der Waals surface area contributed by atoms with Crippen LogP contribution in [-0.2, 0) is 16.6 Å². The molecule has 0 fully saturated rings. The van der Waals surface area contributed by atoms with Crippen LogP contribution in [0.15, 0.2) is 65.6 Å². The van der Waals surface area contributed by atoms with E-state index in [4.69, 9.17) is 25.8 Å². The largest absolute Gasteiger partial charge is 0.493 e. The molecule has 3 rings (SSSR count). The number of carbonyl (C=O) groups excluding carboxylic acids is 1. The zero-order chi connectivity index (χ0) is 24.0. The van der Waals surface area contributed by atoms with Gasteiger partial charge < -0.3 is 19.5 Å². The fourth-order valence-electron chi connectivity index (χ4n) is 3.15. The lowest BCUT2D eigenvalue weighted by atomic mass is 10.1.